The highest BCUT2D eigenvalue weighted by atomic mass is 16.6. The van der Waals surface area contributed by atoms with Crippen LogP contribution < -0.4 is 0 Å². The van der Waals surface area contributed by atoms with E-state index in [1.54, 1.807) is 18.2 Å². The Morgan fingerprint density at radius 3 is 1.60 bits per heavy atom. The molecule has 0 aromatic rings. The first-order valence-corrected chi connectivity index (χ1v) is 15.4. The molecule has 0 bridgehead atoms. The Morgan fingerprint density at radius 2 is 1.05 bits per heavy atom. The van der Waals surface area contributed by atoms with Gasteiger partial charge in [-0.15, -0.1) is 0 Å². The number of carbonyl (C=O) groups excluding carboxylic acids is 2. The number of aliphatic hydroxyl groups is 3. The fraction of sp³-hybridized carbons (Fsp3) is 0.697. The topological polar surface area (TPSA) is 113 Å². The van der Waals surface area contributed by atoms with E-state index in [0.717, 1.165) is 51.4 Å². The van der Waals surface area contributed by atoms with Crippen molar-refractivity contribution in [1.29, 1.82) is 0 Å². The van der Waals surface area contributed by atoms with Crippen LogP contribution in [0.15, 0.2) is 48.6 Å². The number of unbranched alkanes of at least 4 members (excludes halogenated alkanes) is 8. The highest BCUT2D eigenvalue weighted by molar-refractivity contribution is 5.69. The maximum atomic E-state index is 11.9. The van der Waals surface area contributed by atoms with Gasteiger partial charge in [-0.2, -0.15) is 0 Å². The molecule has 3 atom stereocenters. The molecule has 3 N–H and O–H groups in total. The van der Waals surface area contributed by atoms with Crippen LogP contribution in [0.3, 0.4) is 0 Å². The normalized spacial score (nSPS) is 14.4. The Kier molecular flexibility index (Phi) is 26.7. The number of esters is 2. The van der Waals surface area contributed by atoms with Crippen LogP contribution in [0.1, 0.15) is 117 Å². The van der Waals surface area contributed by atoms with Crippen molar-refractivity contribution >= 4 is 11.9 Å². The summed E-state index contributed by atoms with van der Waals surface area (Å²) in [5, 5.41) is 29.7. The molecule has 0 aliphatic carbocycles. The first kappa shape index (κ1) is 37.8. The molecule has 40 heavy (non-hydrogen) atoms. The van der Waals surface area contributed by atoms with Gasteiger partial charge in [-0.1, -0.05) is 120 Å². The molecule has 7 nitrogen and oxygen atoms in total. The molecular formula is C33H56O7. The molecule has 0 saturated heterocycles. The number of aliphatic hydroxyl groups excluding tert-OH is 3. The summed E-state index contributed by atoms with van der Waals surface area (Å²) in [5.41, 5.74) is 0. The van der Waals surface area contributed by atoms with Crippen LogP contribution in [0.4, 0.5) is 0 Å². The third-order valence-corrected chi connectivity index (χ3v) is 6.28. The summed E-state index contributed by atoms with van der Waals surface area (Å²) >= 11 is 0. The van der Waals surface area contributed by atoms with Gasteiger partial charge in [-0.05, 0) is 32.1 Å². The van der Waals surface area contributed by atoms with Gasteiger partial charge in [0.05, 0.1) is 12.2 Å². The molecule has 0 heterocycles. The van der Waals surface area contributed by atoms with Crippen molar-refractivity contribution in [2.24, 2.45) is 0 Å². The van der Waals surface area contributed by atoms with Crippen molar-refractivity contribution in [3.8, 4) is 0 Å². The lowest BCUT2D eigenvalue weighted by Gasteiger charge is -2.12. The Bertz CT molecular complexity index is 726. The summed E-state index contributed by atoms with van der Waals surface area (Å²) < 4.78 is 10.1. The molecule has 0 aliphatic rings. The Hall–Kier alpha value is -2.22. The van der Waals surface area contributed by atoms with Crippen LogP contribution in [0.5, 0.6) is 0 Å². The van der Waals surface area contributed by atoms with Crippen molar-refractivity contribution in [1.82, 2.24) is 0 Å². The second kappa shape index (κ2) is 28.3. The van der Waals surface area contributed by atoms with Crippen LogP contribution in [-0.2, 0) is 19.1 Å². The SMILES string of the molecule is CCCCCCCCCC(=O)OC[C@H](O)COC(=O)CCC[C@@H](O)/C=C/C=C\C/C=C\C=C\[C@@H](O)CCCCC. The fourth-order valence-electron chi connectivity index (χ4n) is 3.83. The van der Waals surface area contributed by atoms with Crippen LogP contribution >= 0.6 is 0 Å². The lowest BCUT2D eigenvalue weighted by atomic mass is 10.1. The lowest BCUT2D eigenvalue weighted by molar-refractivity contribution is -0.152. The smallest absolute Gasteiger partial charge is 0.305 e. The minimum Gasteiger partial charge on any atom is -0.463 e. The zero-order valence-electron chi connectivity index (χ0n) is 25.1. The molecule has 0 aliphatic heterocycles. The van der Waals surface area contributed by atoms with E-state index in [2.05, 4.69) is 13.8 Å². The van der Waals surface area contributed by atoms with E-state index in [9.17, 15) is 24.9 Å². The van der Waals surface area contributed by atoms with Crippen LogP contribution in [0, 0.1) is 0 Å². The second-order valence-corrected chi connectivity index (χ2v) is 10.3. The van der Waals surface area contributed by atoms with Crippen LogP contribution in [0.2, 0.25) is 0 Å². The number of allylic oxidation sites excluding steroid dienone is 6. The van der Waals surface area contributed by atoms with E-state index in [-0.39, 0.29) is 31.7 Å². The van der Waals surface area contributed by atoms with Gasteiger partial charge in [0.1, 0.15) is 19.3 Å². The average Bonchev–Trinajstić information content (AvgIpc) is 2.93. The zero-order valence-corrected chi connectivity index (χ0v) is 25.1. The number of rotatable bonds is 26. The monoisotopic (exact) mass is 564 g/mol. The van der Waals surface area contributed by atoms with Crippen LogP contribution in [0.25, 0.3) is 0 Å². The molecule has 7 heteroatoms. The van der Waals surface area contributed by atoms with E-state index in [4.69, 9.17) is 9.47 Å². The van der Waals surface area contributed by atoms with Gasteiger partial charge in [0.15, 0.2) is 0 Å². The third kappa shape index (κ3) is 27.4. The molecule has 0 spiro atoms. The predicted molar refractivity (Wildman–Crippen MR) is 162 cm³/mol. The molecule has 0 aromatic heterocycles. The quantitative estimate of drug-likeness (QED) is 0.0611. The van der Waals surface area contributed by atoms with Gasteiger partial charge in [-0.3, -0.25) is 9.59 Å². The van der Waals surface area contributed by atoms with Crippen molar-refractivity contribution in [3.05, 3.63) is 48.6 Å². The highest BCUT2D eigenvalue weighted by Crippen LogP contribution is 2.09. The van der Waals surface area contributed by atoms with Gasteiger partial charge >= 0.3 is 11.9 Å². The summed E-state index contributed by atoms with van der Waals surface area (Å²) in [7, 11) is 0. The fourth-order valence-corrected chi connectivity index (χ4v) is 3.83. The van der Waals surface area contributed by atoms with E-state index in [1.807, 2.05) is 30.4 Å². The van der Waals surface area contributed by atoms with Gasteiger partial charge in [0.2, 0.25) is 0 Å². The van der Waals surface area contributed by atoms with Gasteiger partial charge < -0.3 is 24.8 Å². The van der Waals surface area contributed by atoms with Crippen molar-refractivity contribution in [2.45, 2.75) is 135 Å². The van der Waals surface area contributed by atoms with Crippen molar-refractivity contribution < 1.29 is 34.4 Å². The van der Waals surface area contributed by atoms with Gasteiger partial charge in [-0.25, -0.2) is 0 Å². The number of hydrogen-bond donors (Lipinski definition) is 3. The molecule has 0 unspecified atom stereocenters. The Labute approximate surface area is 243 Å². The molecule has 0 amide bonds. The molecule has 0 rings (SSSR count). The molecule has 0 fully saturated rings. The standard InChI is InChI=1S/C33H56O7/c1-3-5-7-8-10-15-19-25-32(37)39-27-31(36)28-40-33(38)26-20-24-30(35)23-18-14-12-9-11-13-17-22-29(34)21-16-6-4-2/h11-14,17-18,22-23,29-31,34-36H,3-10,15-16,19-21,24-28H2,1-2H3/b13-11-,14-12-,22-17+,23-18+/t29-,30-,31-/m0/s1. The molecule has 0 radical (unpaired) electrons. The van der Waals surface area contributed by atoms with Crippen molar-refractivity contribution in [3.63, 3.8) is 0 Å². The lowest BCUT2D eigenvalue weighted by Crippen LogP contribution is -2.25. The summed E-state index contributed by atoms with van der Waals surface area (Å²) in [6, 6.07) is 0. The van der Waals surface area contributed by atoms with Gasteiger partial charge in [0, 0.05) is 12.8 Å². The zero-order chi connectivity index (χ0) is 29.7. The number of carbonyl (C=O) groups is 2. The van der Waals surface area contributed by atoms with E-state index in [0.29, 0.717) is 19.3 Å². The second-order valence-electron chi connectivity index (χ2n) is 10.3. The molecular weight excluding hydrogens is 508 g/mol. The predicted octanol–water partition coefficient (Wildman–Crippen LogP) is 6.66. The minimum atomic E-state index is -1.05. The summed E-state index contributed by atoms with van der Waals surface area (Å²) in [5.74, 6) is -0.799. The Balaban J connectivity index is 3.80. The maximum Gasteiger partial charge on any atom is 0.305 e. The van der Waals surface area contributed by atoms with E-state index >= 15 is 0 Å². The molecule has 0 aromatic carbocycles. The Morgan fingerprint density at radius 1 is 0.600 bits per heavy atom. The van der Waals surface area contributed by atoms with Gasteiger partial charge in [0.25, 0.3) is 0 Å². The first-order valence-electron chi connectivity index (χ1n) is 15.4. The largest absolute Gasteiger partial charge is 0.463 e. The average molecular weight is 565 g/mol. The third-order valence-electron chi connectivity index (χ3n) is 6.28. The summed E-state index contributed by atoms with van der Waals surface area (Å²) in [4.78, 5) is 23.6. The number of ether oxygens (including phenoxy) is 2. The minimum absolute atomic E-state index is 0.136. The van der Waals surface area contributed by atoms with E-state index < -0.39 is 18.2 Å². The molecule has 230 valence electrons. The first-order chi connectivity index (χ1) is 19.4. The van der Waals surface area contributed by atoms with Crippen molar-refractivity contribution in [2.75, 3.05) is 13.2 Å². The summed E-state index contributed by atoms with van der Waals surface area (Å²) in [6.45, 7) is 3.92. The van der Waals surface area contributed by atoms with Crippen LogP contribution in [-0.4, -0.2) is 58.8 Å². The molecule has 0 saturated carbocycles. The highest BCUT2D eigenvalue weighted by Gasteiger charge is 2.12. The number of hydrogen-bond acceptors (Lipinski definition) is 7. The maximum absolute atomic E-state index is 11.9. The van der Waals surface area contributed by atoms with E-state index in [1.165, 1.54) is 25.7 Å². The summed E-state index contributed by atoms with van der Waals surface area (Å²) in [6.07, 6.45) is 26.8.